The van der Waals surface area contributed by atoms with Crippen molar-refractivity contribution in [2.45, 2.75) is 6.17 Å². The molecule has 0 bridgehead atoms. The summed E-state index contributed by atoms with van der Waals surface area (Å²) in [5.41, 5.74) is 21.4. The first kappa shape index (κ1) is 46.0. The number of rotatable bonds is 8. The SMILES string of the molecule is C1=C(c2ccccc2)NC(c2cccc(-n3c4ccc(-c5ccc6c(c5)c5ccc7c8ccccc8n(-c8ccccc8)c7c5n6-c5ccccc5)cc4c4cc5c(cc43)c3ccccc3n5-c3ccccc3)c2)N=C1c1ccccc1. The lowest BCUT2D eigenvalue weighted by atomic mass is 10.00. The Morgan fingerprint density at radius 2 is 0.683 bits per heavy atom. The molecule has 1 atom stereocenters. The number of benzene rings is 12. The summed E-state index contributed by atoms with van der Waals surface area (Å²) in [4.78, 5) is 5.41. The van der Waals surface area contributed by atoms with Crippen molar-refractivity contribution in [2.75, 3.05) is 0 Å². The second-order valence-electron chi connectivity index (χ2n) is 21.5. The lowest BCUT2D eigenvalue weighted by Crippen LogP contribution is -2.25. The smallest absolute Gasteiger partial charge is 0.145 e. The van der Waals surface area contributed by atoms with E-state index in [2.05, 4.69) is 315 Å². The van der Waals surface area contributed by atoms with Gasteiger partial charge in [-0.1, -0.05) is 188 Å². The maximum atomic E-state index is 5.41. The maximum absolute atomic E-state index is 5.41. The third kappa shape index (κ3) is 7.11. The lowest BCUT2D eigenvalue weighted by molar-refractivity contribution is 0.663. The van der Waals surface area contributed by atoms with E-state index in [0.717, 1.165) is 78.5 Å². The van der Waals surface area contributed by atoms with Gasteiger partial charge in [-0.05, 0) is 131 Å². The molecule has 1 unspecified atom stereocenters. The van der Waals surface area contributed by atoms with Gasteiger partial charge in [0.2, 0.25) is 0 Å². The topological polar surface area (TPSA) is 44.1 Å². The molecule has 0 aliphatic carbocycles. The maximum Gasteiger partial charge on any atom is 0.145 e. The van der Waals surface area contributed by atoms with E-state index in [1.807, 2.05) is 0 Å². The molecule has 6 heteroatoms. The molecule has 0 amide bonds. The van der Waals surface area contributed by atoms with E-state index in [1.165, 1.54) is 70.7 Å². The normalized spacial score (nSPS) is 13.7. The molecule has 0 spiro atoms. The molecule has 17 rings (SSSR count). The van der Waals surface area contributed by atoms with Crippen LogP contribution in [-0.2, 0) is 0 Å². The molecule has 82 heavy (non-hydrogen) atoms. The molecular formula is C76H50N6. The van der Waals surface area contributed by atoms with Crippen molar-refractivity contribution in [1.82, 2.24) is 23.6 Å². The van der Waals surface area contributed by atoms with E-state index in [0.29, 0.717) is 0 Å². The second kappa shape index (κ2) is 18.3. The van der Waals surface area contributed by atoms with Crippen LogP contribution in [0.1, 0.15) is 22.9 Å². The second-order valence-corrected chi connectivity index (χ2v) is 21.5. The van der Waals surface area contributed by atoms with Crippen LogP contribution in [0.25, 0.3) is 127 Å². The van der Waals surface area contributed by atoms with Crippen LogP contribution in [0.5, 0.6) is 0 Å². The molecule has 384 valence electrons. The minimum absolute atomic E-state index is 0.328. The van der Waals surface area contributed by atoms with Crippen molar-refractivity contribution in [3.8, 4) is 33.9 Å². The number of allylic oxidation sites excluding steroid dienone is 1. The van der Waals surface area contributed by atoms with Crippen LogP contribution in [0, 0.1) is 0 Å². The fraction of sp³-hybridized carbons (Fsp3) is 0.0132. The monoisotopic (exact) mass is 1050 g/mol. The van der Waals surface area contributed by atoms with Gasteiger partial charge in [0, 0.05) is 71.5 Å². The summed E-state index contributed by atoms with van der Waals surface area (Å²) >= 11 is 0. The van der Waals surface area contributed by atoms with E-state index in [9.17, 15) is 0 Å². The molecule has 4 aromatic heterocycles. The van der Waals surface area contributed by atoms with Gasteiger partial charge in [-0.15, -0.1) is 0 Å². The number of fused-ring (bicyclic) bond motifs is 13. The van der Waals surface area contributed by atoms with Gasteiger partial charge in [-0.3, -0.25) is 4.99 Å². The van der Waals surface area contributed by atoms with E-state index in [4.69, 9.17) is 4.99 Å². The van der Waals surface area contributed by atoms with Crippen LogP contribution in [-0.4, -0.2) is 24.0 Å². The van der Waals surface area contributed by atoms with Crippen LogP contribution < -0.4 is 5.32 Å². The molecule has 1 aliphatic rings. The van der Waals surface area contributed by atoms with Crippen molar-refractivity contribution in [3.05, 3.63) is 308 Å². The first-order valence-corrected chi connectivity index (χ1v) is 28.1. The van der Waals surface area contributed by atoms with Gasteiger partial charge in [0.15, 0.2) is 0 Å². The molecule has 5 heterocycles. The average molecular weight is 1050 g/mol. The van der Waals surface area contributed by atoms with Gasteiger partial charge in [0.1, 0.15) is 6.17 Å². The quantitative estimate of drug-likeness (QED) is 0.162. The van der Waals surface area contributed by atoms with Crippen molar-refractivity contribution in [1.29, 1.82) is 0 Å². The Morgan fingerprint density at radius 3 is 1.28 bits per heavy atom. The fourth-order valence-corrected chi connectivity index (χ4v) is 13.3. The standard InChI is InChI=1S/C76H50N6/c1-6-21-49(22-7-1)66-48-67(50-23-8-2-9-24-50)78-76(77-66)53-25-20-32-57(43-53)80-70-41-37-52(45-63(70)65-47-72-64(46-73(65)80)59-34-17-18-35-68(59)79(72)54-26-10-3-11-27-54)51-38-42-71-62(44-51)61-40-39-60-58-33-16-19-36-69(58)81(55-28-12-4-13-29-55)74(60)75(61)82(71)56-30-14-5-15-31-56/h1-48,76-77H. The molecule has 1 aliphatic heterocycles. The summed E-state index contributed by atoms with van der Waals surface area (Å²) < 4.78 is 9.84. The Hall–Kier alpha value is -11.0. The predicted molar refractivity (Wildman–Crippen MR) is 343 cm³/mol. The van der Waals surface area contributed by atoms with Crippen LogP contribution in [0.2, 0.25) is 0 Å². The van der Waals surface area contributed by atoms with Crippen LogP contribution in [0.3, 0.4) is 0 Å². The third-order valence-electron chi connectivity index (χ3n) is 16.9. The minimum Gasteiger partial charge on any atom is -0.360 e. The molecule has 0 radical (unpaired) electrons. The first-order chi connectivity index (χ1) is 40.7. The minimum atomic E-state index is -0.328. The lowest BCUT2D eigenvalue weighted by Gasteiger charge is -2.25. The Morgan fingerprint density at radius 1 is 0.268 bits per heavy atom. The summed E-state index contributed by atoms with van der Waals surface area (Å²) in [6.07, 6.45) is 1.85. The average Bonchev–Trinajstić information content (AvgIpc) is 1.98. The van der Waals surface area contributed by atoms with Gasteiger partial charge in [0.05, 0.1) is 49.8 Å². The molecule has 6 nitrogen and oxygen atoms in total. The van der Waals surface area contributed by atoms with Crippen LogP contribution in [0.15, 0.2) is 296 Å². The molecule has 16 aromatic rings. The highest BCUT2D eigenvalue weighted by Gasteiger charge is 2.25. The molecule has 12 aromatic carbocycles. The highest BCUT2D eigenvalue weighted by Crippen LogP contribution is 2.45. The van der Waals surface area contributed by atoms with Crippen molar-refractivity contribution in [2.24, 2.45) is 4.99 Å². The van der Waals surface area contributed by atoms with Gasteiger partial charge >= 0.3 is 0 Å². The number of hydrogen-bond acceptors (Lipinski definition) is 2. The van der Waals surface area contributed by atoms with Crippen molar-refractivity contribution in [3.63, 3.8) is 0 Å². The third-order valence-corrected chi connectivity index (χ3v) is 16.9. The van der Waals surface area contributed by atoms with Gasteiger partial charge in [-0.25, -0.2) is 0 Å². The Bertz CT molecular complexity index is 5280. The fourth-order valence-electron chi connectivity index (χ4n) is 13.3. The summed E-state index contributed by atoms with van der Waals surface area (Å²) in [5.74, 6) is 0. The number of aromatic nitrogens is 4. The summed E-state index contributed by atoms with van der Waals surface area (Å²) in [5, 5.41) is 13.5. The summed E-state index contributed by atoms with van der Waals surface area (Å²) in [6, 6.07) is 104. The number of para-hydroxylation sites is 5. The highest BCUT2D eigenvalue weighted by atomic mass is 15.1. The zero-order valence-corrected chi connectivity index (χ0v) is 44.5. The van der Waals surface area contributed by atoms with E-state index in [-0.39, 0.29) is 6.17 Å². The summed E-state index contributed by atoms with van der Waals surface area (Å²) in [6.45, 7) is 0. The molecule has 0 saturated heterocycles. The molecule has 0 saturated carbocycles. The van der Waals surface area contributed by atoms with Gasteiger partial charge in [-0.2, -0.15) is 0 Å². The first-order valence-electron chi connectivity index (χ1n) is 28.1. The zero-order valence-electron chi connectivity index (χ0n) is 44.5. The summed E-state index contributed by atoms with van der Waals surface area (Å²) in [7, 11) is 0. The van der Waals surface area contributed by atoms with E-state index in [1.54, 1.807) is 0 Å². The Labute approximate surface area is 472 Å². The number of nitrogens with zero attached hydrogens (tertiary/aromatic N) is 5. The van der Waals surface area contributed by atoms with Crippen molar-refractivity contribution < 1.29 is 0 Å². The Balaban J connectivity index is 0.892. The number of nitrogens with one attached hydrogen (secondary N) is 1. The zero-order chi connectivity index (χ0) is 53.8. The van der Waals surface area contributed by atoms with E-state index >= 15 is 0 Å². The molecular weight excluding hydrogens is 997 g/mol. The predicted octanol–water partition coefficient (Wildman–Crippen LogP) is 18.9. The molecule has 0 fully saturated rings. The van der Waals surface area contributed by atoms with Gasteiger partial charge in [0.25, 0.3) is 0 Å². The van der Waals surface area contributed by atoms with Crippen LogP contribution >= 0.6 is 0 Å². The van der Waals surface area contributed by atoms with Crippen LogP contribution in [0.4, 0.5) is 0 Å². The number of hydrogen-bond donors (Lipinski definition) is 1. The van der Waals surface area contributed by atoms with E-state index < -0.39 is 0 Å². The number of aliphatic imine (C=N–C) groups is 1. The highest BCUT2D eigenvalue weighted by molar-refractivity contribution is 6.25. The largest absolute Gasteiger partial charge is 0.360 e. The Kier molecular flexibility index (Phi) is 10.3. The molecule has 1 N–H and O–H groups in total. The van der Waals surface area contributed by atoms with Gasteiger partial charge < -0.3 is 23.6 Å². The van der Waals surface area contributed by atoms with Crippen molar-refractivity contribution >= 4 is 98.6 Å².